The highest BCUT2D eigenvalue weighted by Crippen LogP contribution is 2.36. The summed E-state index contributed by atoms with van der Waals surface area (Å²) in [6, 6.07) is 19.6. The number of ether oxygens (including phenoxy) is 1. The van der Waals surface area contributed by atoms with Gasteiger partial charge in [0.2, 0.25) is 0 Å². The molecule has 0 spiro atoms. The Morgan fingerprint density at radius 1 is 0.870 bits per heavy atom. The molecule has 3 aromatic rings. The van der Waals surface area contributed by atoms with E-state index in [-0.39, 0.29) is 18.4 Å². The van der Waals surface area contributed by atoms with Crippen molar-refractivity contribution in [1.29, 1.82) is 0 Å². The Labute approximate surface area is 143 Å². The van der Waals surface area contributed by atoms with E-state index in [0.29, 0.717) is 5.92 Å². The fourth-order valence-corrected chi connectivity index (χ4v) is 3.69. The van der Waals surface area contributed by atoms with Crippen LogP contribution in [0.3, 0.4) is 0 Å². The van der Waals surface area contributed by atoms with Gasteiger partial charge in [0.25, 0.3) is 0 Å². The fourth-order valence-electron chi connectivity index (χ4n) is 3.69. The maximum absolute atomic E-state index is 6.67. The Balaban J connectivity index is 0.00000156. The van der Waals surface area contributed by atoms with E-state index in [1.165, 1.54) is 27.1 Å². The van der Waals surface area contributed by atoms with Gasteiger partial charge in [0, 0.05) is 19.3 Å². The molecule has 1 atom stereocenters. The topological polar surface area (TPSA) is 35.2 Å². The van der Waals surface area contributed by atoms with Gasteiger partial charge in [-0.2, -0.15) is 0 Å². The molecule has 0 radical (unpaired) electrons. The lowest BCUT2D eigenvalue weighted by molar-refractivity contribution is 0.0585. The lowest BCUT2D eigenvalue weighted by Crippen LogP contribution is -2.27. The Hall–Kier alpha value is -1.61. The van der Waals surface area contributed by atoms with E-state index in [1.54, 1.807) is 0 Å². The quantitative estimate of drug-likeness (QED) is 0.683. The summed E-state index contributed by atoms with van der Waals surface area (Å²) in [5.74, 6) is 0.512. The van der Waals surface area contributed by atoms with Crippen LogP contribution in [0.4, 0.5) is 0 Å². The van der Waals surface area contributed by atoms with Gasteiger partial charge in [-0.25, -0.2) is 0 Å². The Morgan fingerprint density at radius 2 is 1.48 bits per heavy atom. The molecule has 2 N–H and O–H groups in total. The van der Waals surface area contributed by atoms with Crippen molar-refractivity contribution in [2.45, 2.75) is 18.9 Å². The van der Waals surface area contributed by atoms with Crippen LogP contribution < -0.4 is 5.73 Å². The van der Waals surface area contributed by atoms with E-state index in [4.69, 9.17) is 10.5 Å². The number of halogens is 1. The molecule has 3 aromatic carbocycles. The standard InChI is InChI=1S/C20H21NO.ClH/c21-20(14-9-11-22-12-10-14)19-13-15-5-1-2-6-16(15)17-7-3-4-8-18(17)19;/h1-8,13-14,20H,9-12,21H2;1H/t20-;/m0./s1. The van der Waals surface area contributed by atoms with Gasteiger partial charge in [-0.05, 0) is 51.9 Å². The normalized spacial score (nSPS) is 17.1. The molecule has 4 rings (SSSR count). The summed E-state index contributed by atoms with van der Waals surface area (Å²) in [6.45, 7) is 1.67. The highest BCUT2D eigenvalue weighted by Gasteiger charge is 2.24. The van der Waals surface area contributed by atoms with Crippen molar-refractivity contribution >= 4 is 34.0 Å². The summed E-state index contributed by atoms with van der Waals surface area (Å²) in [6.07, 6.45) is 2.12. The molecular weight excluding hydrogens is 306 g/mol. The van der Waals surface area contributed by atoms with E-state index < -0.39 is 0 Å². The molecule has 0 aromatic heterocycles. The molecule has 120 valence electrons. The zero-order chi connectivity index (χ0) is 14.9. The minimum atomic E-state index is 0. The number of hydrogen-bond acceptors (Lipinski definition) is 2. The first-order valence-corrected chi connectivity index (χ1v) is 8.08. The van der Waals surface area contributed by atoms with Crippen molar-refractivity contribution in [3.63, 3.8) is 0 Å². The highest BCUT2D eigenvalue weighted by molar-refractivity contribution is 6.09. The van der Waals surface area contributed by atoms with Crippen molar-refractivity contribution in [2.75, 3.05) is 13.2 Å². The molecule has 1 heterocycles. The molecule has 1 aliphatic heterocycles. The van der Waals surface area contributed by atoms with Crippen LogP contribution in [0.2, 0.25) is 0 Å². The summed E-state index contributed by atoms with van der Waals surface area (Å²) in [5, 5.41) is 5.18. The lowest BCUT2D eigenvalue weighted by atomic mass is 9.84. The minimum absolute atomic E-state index is 0. The first kappa shape index (κ1) is 16.3. The fraction of sp³-hybridized carbons (Fsp3) is 0.300. The number of nitrogens with two attached hydrogens (primary N) is 1. The van der Waals surface area contributed by atoms with Crippen LogP contribution in [-0.4, -0.2) is 13.2 Å². The second kappa shape index (κ2) is 6.88. The van der Waals surface area contributed by atoms with E-state index in [2.05, 4.69) is 54.6 Å². The third-order valence-corrected chi connectivity index (χ3v) is 4.93. The molecule has 0 unspecified atom stereocenters. The van der Waals surface area contributed by atoms with E-state index in [1.807, 2.05) is 0 Å². The van der Waals surface area contributed by atoms with Crippen LogP contribution in [0, 0.1) is 5.92 Å². The predicted molar refractivity (Wildman–Crippen MR) is 99.2 cm³/mol. The third kappa shape index (κ3) is 2.94. The van der Waals surface area contributed by atoms with E-state index >= 15 is 0 Å². The average Bonchev–Trinajstić information content (AvgIpc) is 2.61. The van der Waals surface area contributed by atoms with Crippen LogP contribution in [0.5, 0.6) is 0 Å². The molecule has 0 aliphatic carbocycles. The maximum Gasteiger partial charge on any atom is 0.0469 e. The number of rotatable bonds is 2. The highest BCUT2D eigenvalue weighted by atomic mass is 35.5. The number of benzene rings is 3. The Morgan fingerprint density at radius 3 is 2.22 bits per heavy atom. The molecule has 1 aliphatic rings. The van der Waals surface area contributed by atoms with Crippen LogP contribution in [0.1, 0.15) is 24.4 Å². The summed E-state index contributed by atoms with van der Waals surface area (Å²) in [5.41, 5.74) is 7.95. The zero-order valence-corrected chi connectivity index (χ0v) is 13.9. The summed E-state index contributed by atoms with van der Waals surface area (Å²) >= 11 is 0. The monoisotopic (exact) mass is 327 g/mol. The average molecular weight is 328 g/mol. The Kier molecular flexibility index (Phi) is 4.86. The van der Waals surface area contributed by atoms with E-state index in [9.17, 15) is 0 Å². The Bertz CT molecular complexity index is 811. The third-order valence-electron chi connectivity index (χ3n) is 4.93. The van der Waals surface area contributed by atoms with Crippen molar-refractivity contribution in [2.24, 2.45) is 11.7 Å². The molecule has 1 saturated heterocycles. The van der Waals surface area contributed by atoms with Gasteiger partial charge in [-0.15, -0.1) is 12.4 Å². The second-order valence-corrected chi connectivity index (χ2v) is 6.21. The number of hydrogen-bond donors (Lipinski definition) is 1. The van der Waals surface area contributed by atoms with Crippen LogP contribution in [-0.2, 0) is 4.74 Å². The molecule has 23 heavy (non-hydrogen) atoms. The molecule has 0 amide bonds. The summed E-state index contributed by atoms with van der Waals surface area (Å²) in [7, 11) is 0. The summed E-state index contributed by atoms with van der Waals surface area (Å²) < 4.78 is 5.49. The summed E-state index contributed by atoms with van der Waals surface area (Å²) in [4.78, 5) is 0. The van der Waals surface area contributed by atoms with Crippen molar-refractivity contribution < 1.29 is 4.74 Å². The van der Waals surface area contributed by atoms with Crippen LogP contribution >= 0.6 is 12.4 Å². The van der Waals surface area contributed by atoms with Crippen LogP contribution in [0.15, 0.2) is 54.6 Å². The molecule has 2 nitrogen and oxygen atoms in total. The number of fused-ring (bicyclic) bond motifs is 3. The molecule has 0 bridgehead atoms. The molecule has 1 fully saturated rings. The van der Waals surface area contributed by atoms with E-state index in [0.717, 1.165) is 26.1 Å². The minimum Gasteiger partial charge on any atom is -0.381 e. The predicted octanol–water partition coefficient (Wildman–Crippen LogP) is 4.84. The van der Waals surface area contributed by atoms with Gasteiger partial charge < -0.3 is 10.5 Å². The van der Waals surface area contributed by atoms with Gasteiger partial charge in [0.15, 0.2) is 0 Å². The maximum atomic E-state index is 6.67. The molecule has 0 saturated carbocycles. The molecule has 3 heteroatoms. The van der Waals surface area contributed by atoms with Gasteiger partial charge in [-0.3, -0.25) is 0 Å². The lowest BCUT2D eigenvalue weighted by Gasteiger charge is -2.29. The largest absolute Gasteiger partial charge is 0.381 e. The second-order valence-electron chi connectivity index (χ2n) is 6.21. The first-order valence-electron chi connectivity index (χ1n) is 8.08. The van der Waals surface area contributed by atoms with Crippen molar-refractivity contribution in [3.8, 4) is 0 Å². The zero-order valence-electron chi connectivity index (χ0n) is 13.1. The van der Waals surface area contributed by atoms with Crippen molar-refractivity contribution in [3.05, 3.63) is 60.2 Å². The van der Waals surface area contributed by atoms with Crippen LogP contribution in [0.25, 0.3) is 21.5 Å². The van der Waals surface area contributed by atoms with Gasteiger partial charge in [0.1, 0.15) is 0 Å². The van der Waals surface area contributed by atoms with Gasteiger partial charge in [-0.1, -0.05) is 48.5 Å². The smallest absolute Gasteiger partial charge is 0.0469 e. The van der Waals surface area contributed by atoms with Gasteiger partial charge >= 0.3 is 0 Å². The molecular formula is C20H22ClNO. The van der Waals surface area contributed by atoms with Gasteiger partial charge in [0.05, 0.1) is 0 Å². The van der Waals surface area contributed by atoms with Crippen molar-refractivity contribution in [1.82, 2.24) is 0 Å². The SMILES string of the molecule is Cl.N[C@H](c1cc2ccccc2c2ccccc12)C1CCOCC1. The first-order chi connectivity index (χ1) is 10.8.